The van der Waals surface area contributed by atoms with Crippen LogP contribution in [0.4, 0.5) is 0 Å². The Morgan fingerprint density at radius 3 is 2.54 bits per heavy atom. The molecular formula is C20H27N3O2S. The summed E-state index contributed by atoms with van der Waals surface area (Å²) in [6, 6.07) is 8.33. The molecule has 0 spiro atoms. The lowest BCUT2D eigenvalue weighted by molar-refractivity contribution is -0.129. The predicted molar refractivity (Wildman–Crippen MR) is 106 cm³/mol. The molecule has 1 fully saturated rings. The summed E-state index contributed by atoms with van der Waals surface area (Å²) in [6.45, 7) is 7.66. The highest BCUT2D eigenvalue weighted by atomic mass is 32.2. The van der Waals surface area contributed by atoms with Crippen molar-refractivity contribution in [3.63, 3.8) is 0 Å². The van der Waals surface area contributed by atoms with E-state index in [9.17, 15) is 4.79 Å². The lowest BCUT2D eigenvalue weighted by atomic mass is 10.1. The van der Waals surface area contributed by atoms with Crippen LogP contribution in [0.2, 0.25) is 0 Å². The van der Waals surface area contributed by atoms with Crippen LogP contribution in [0.15, 0.2) is 28.7 Å². The van der Waals surface area contributed by atoms with E-state index in [0.29, 0.717) is 17.4 Å². The monoisotopic (exact) mass is 373 g/mol. The van der Waals surface area contributed by atoms with Gasteiger partial charge in [0.1, 0.15) is 5.76 Å². The molecule has 1 aromatic carbocycles. The molecule has 1 aliphatic heterocycles. The first-order valence-corrected chi connectivity index (χ1v) is 10.3. The van der Waals surface area contributed by atoms with Gasteiger partial charge in [0.25, 0.3) is 0 Å². The van der Waals surface area contributed by atoms with Crippen molar-refractivity contribution < 1.29 is 9.21 Å². The van der Waals surface area contributed by atoms with Crippen molar-refractivity contribution in [2.75, 3.05) is 39.0 Å². The summed E-state index contributed by atoms with van der Waals surface area (Å²) < 4.78 is 5.83. The quantitative estimate of drug-likeness (QED) is 0.778. The molecule has 6 heteroatoms. The zero-order valence-corrected chi connectivity index (χ0v) is 16.6. The van der Waals surface area contributed by atoms with Gasteiger partial charge in [0, 0.05) is 37.5 Å². The molecule has 26 heavy (non-hydrogen) atoms. The van der Waals surface area contributed by atoms with E-state index in [1.54, 1.807) is 11.8 Å². The minimum atomic E-state index is 0.222. The Morgan fingerprint density at radius 1 is 1.19 bits per heavy atom. The highest BCUT2D eigenvalue weighted by Crippen LogP contribution is 2.24. The molecule has 1 saturated heterocycles. The van der Waals surface area contributed by atoms with Gasteiger partial charge >= 0.3 is 0 Å². The van der Waals surface area contributed by atoms with Crippen LogP contribution in [0.1, 0.15) is 23.9 Å². The van der Waals surface area contributed by atoms with Crippen molar-refractivity contribution in [2.24, 2.45) is 0 Å². The number of hydrogen-bond acceptors (Lipinski definition) is 5. The SMILES string of the molecule is CCc1ccc(-c2nc(CSCC(=O)N3CCN(C)CC3)c(C)o2)cc1. The van der Waals surface area contributed by atoms with Crippen LogP contribution in [-0.4, -0.2) is 59.7 Å². The number of aryl methyl sites for hydroxylation is 2. The van der Waals surface area contributed by atoms with Gasteiger partial charge in [-0.3, -0.25) is 4.79 Å². The summed E-state index contributed by atoms with van der Waals surface area (Å²) in [5.41, 5.74) is 3.22. The molecule has 0 aliphatic carbocycles. The number of nitrogens with zero attached hydrogens (tertiary/aromatic N) is 3. The molecule has 0 bridgehead atoms. The van der Waals surface area contributed by atoms with Crippen molar-refractivity contribution in [1.82, 2.24) is 14.8 Å². The van der Waals surface area contributed by atoms with Crippen LogP contribution in [0.3, 0.4) is 0 Å². The summed E-state index contributed by atoms with van der Waals surface area (Å²) in [7, 11) is 2.09. The van der Waals surface area contributed by atoms with E-state index in [2.05, 4.69) is 48.1 Å². The second kappa shape index (κ2) is 8.73. The lowest BCUT2D eigenvalue weighted by Gasteiger charge is -2.32. The first-order valence-electron chi connectivity index (χ1n) is 9.16. The van der Waals surface area contributed by atoms with Gasteiger partial charge in [-0.2, -0.15) is 0 Å². The van der Waals surface area contributed by atoms with Gasteiger partial charge in [-0.25, -0.2) is 4.98 Å². The Bertz CT molecular complexity index is 734. The third-order valence-electron chi connectivity index (χ3n) is 4.82. The van der Waals surface area contributed by atoms with Crippen LogP contribution in [0.25, 0.3) is 11.5 Å². The Kier molecular flexibility index (Phi) is 6.38. The largest absolute Gasteiger partial charge is 0.441 e. The van der Waals surface area contributed by atoms with E-state index < -0.39 is 0 Å². The molecule has 5 nitrogen and oxygen atoms in total. The molecule has 1 amide bonds. The fourth-order valence-electron chi connectivity index (χ4n) is 2.95. The maximum absolute atomic E-state index is 12.3. The fraction of sp³-hybridized carbons (Fsp3) is 0.500. The number of amides is 1. The summed E-state index contributed by atoms with van der Waals surface area (Å²) >= 11 is 1.61. The van der Waals surface area contributed by atoms with E-state index in [-0.39, 0.29) is 5.91 Å². The van der Waals surface area contributed by atoms with E-state index >= 15 is 0 Å². The number of aromatic nitrogens is 1. The van der Waals surface area contributed by atoms with Gasteiger partial charge < -0.3 is 14.2 Å². The predicted octanol–water partition coefficient (Wildman–Crippen LogP) is 3.22. The molecule has 0 N–H and O–H groups in total. The molecule has 3 rings (SSSR count). The van der Waals surface area contributed by atoms with Gasteiger partial charge in [0.15, 0.2) is 0 Å². The third kappa shape index (κ3) is 4.68. The molecule has 0 atom stereocenters. The van der Waals surface area contributed by atoms with Crippen molar-refractivity contribution >= 4 is 17.7 Å². The number of likely N-dealkylation sites (N-methyl/N-ethyl adjacent to an activating group) is 1. The number of oxazole rings is 1. The average Bonchev–Trinajstić information content (AvgIpc) is 3.03. The summed E-state index contributed by atoms with van der Waals surface area (Å²) in [5, 5.41) is 0. The molecule has 140 valence electrons. The van der Waals surface area contributed by atoms with Crippen molar-refractivity contribution in [1.29, 1.82) is 0 Å². The van der Waals surface area contributed by atoms with Crippen molar-refractivity contribution in [3.8, 4) is 11.5 Å². The maximum Gasteiger partial charge on any atom is 0.232 e. The zero-order valence-electron chi connectivity index (χ0n) is 15.8. The fourth-order valence-corrected chi connectivity index (χ4v) is 3.87. The molecule has 2 heterocycles. The van der Waals surface area contributed by atoms with Gasteiger partial charge in [0.05, 0.1) is 11.4 Å². The van der Waals surface area contributed by atoms with Crippen LogP contribution in [0, 0.1) is 6.92 Å². The number of piperazine rings is 1. The minimum Gasteiger partial charge on any atom is -0.441 e. The van der Waals surface area contributed by atoms with Gasteiger partial charge in [0.2, 0.25) is 11.8 Å². The summed E-state index contributed by atoms with van der Waals surface area (Å²) in [5.74, 6) is 2.91. The molecule has 1 aromatic heterocycles. The second-order valence-electron chi connectivity index (χ2n) is 6.75. The highest BCUT2D eigenvalue weighted by Gasteiger charge is 2.19. The number of benzene rings is 1. The molecular weight excluding hydrogens is 346 g/mol. The summed E-state index contributed by atoms with van der Waals surface area (Å²) in [6.07, 6.45) is 1.02. The van der Waals surface area contributed by atoms with Gasteiger partial charge in [-0.1, -0.05) is 19.1 Å². The summed E-state index contributed by atoms with van der Waals surface area (Å²) in [4.78, 5) is 21.2. The smallest absolute Gasteiger partial charge is 0.232 e. The average molecular weight is 374 g/mol. The second-order valence-corrected chi connectivity index (χ2v) is 7.73. The zero-order chi connectivity index (χ0) is 18.5. The number of carbonyl (C=O) groups is 1. The first kappa shape index (κ1) is 19.0. The van der Waals surface area contributed by atoms with Crippen LogP contribution >= 0.6 is 11.8 Å². The van der Waals surface area contributed by atoms with E-state index in [1.807, 2.05) is 11.8 Å². The standard InChI is InChI=1S/C20H27N3O2S/c1-4-16-5-7-17(8-6-16)20-21-18(15(2)25-20)13-26-14-19(24)23-11-9-22(3)10-12-23/h5-8H,4,9-14H2,1-3H3. The third-order valence-corrected chi connectivity index (χ3v) is 5.75. The van der Waals surface area contributed by atoms with Crippen LogP contribution in [0.5, 0.6) is 0 Å². The maximum atomic E-state index is 12.3. The number of hydrogen-bond donors (Lipinski definition) is 0. The molecule has 1 aliphatic rings. The number of thioether (sulfide) groups is 1. The Balaban J connectivity index is 1.53. The van der Waals surface area contributed by atoms with Gasteiger partial charge in [-0.05, 0) is 38.1 Å². The van der Waals surface area contributed by atoms with Gasteiger partial charge in [-0.15, -0.1) is 11.8 Å². The Morgan fingerprint density at radius 2 is 1.88 bits per heavy atom. The van der Waals surface area contributed by atoms with E-state index in [0.717, 1.165) is 49.6 Å². The number of rotatable bonds is 6. The van der Waals surface area contributed by atoms with Crippen molar-refractivity contribution in [2.45, 2.75) is 26.0 Å². The topological polar surface area (TPSA) is 49.6 Å². The van der Waals surface area contributed by atoms with Crippen molar-refractivity contribution in [3.05, 3.63) is 41.3 Å². The van der Waals surface area contributed by atoms with Crippen LogP contribution in [-0.2, 0) is 17.0 Å². The molecule has 2 aromatic rings. The Labute approximate surface area is 159 Å². The molecule has 0 radical (unpaired) electrons. The first-order chi connectivity index (χ1) is 12.6. The Hall–Kier alpha value is -1.79. The highest BCUT2D eigenvalue weighted by molar-refractivity contribution is 7.99. The minimum absolute atomic E-state index is 0.222. The van der Waals surface area contributed by atoms with E-state index in [4.69, 9.17) is 4.42 Å². The molecule has 0 unspecified atom stereocenters. The van der Waals surface area contributed by atoms with Crippen LogP contribution < -0.4 is 0 Å². The molecule has 0 saturated carbocycles. The lowest BCUT2D eigenvalue weighted by Crippen LogP contribution is -2.47. The normalized spacial score (nSPS) is 15.4. The van der Waals surface area contributed by atoms with E-state index in [1.165, 1.54) is 5.56 Å². The number of carbonyl (C=O) groups excluding carboxylic acids is 1.